The molecule has 0 bridgehead atoms. The minimum Gasteiger partial charge on any atom is -0.422 e. The number of fused-ring (bicyclic) bond motifs is 2. The molecule has 0 unspecified atom stereocenters. The van der Waals surface area contributed by atoms with Crippen LogP contribution >= 0.6 is 0 Å². The maximum atomic E-state index is 11.1. The lowest BCUT2D eigenvalue weighted by Gasteiger charge is -1.97. The number of nitrogens with zero attached hydrogens (tertiary/aromatic N) is 6. The third-order valence-corrected chi connectivity index (χ3v) is 2.93. The van der Waals surface area contributed by atoms with E-state index in [0.717, 1.165) is 0 Å². The van der Waals surface area contributed by atoms with Crippen LogP contribution in [-0.2, 0) is 20.8 Å². The number of H-pyrrole nitrogens is 2. The molecule has 4 aromatic rings. The zero-order valence-electron chi connectivity index (χ0n) is 16.4. The topological polar surface area (TPSA) is 400 Å². The van der Waals surface area contributed by atoms with E-state index in [9.17, 15) is 9.59 Å². The highest BCUT2D eigenvalue weighted by atomic mass is 32.3. The Hall–Kier alpha value is -4.40. The van der Waals surface area contributed by atoms with Crippen LogP contribution in [0.15, 0.2) is 22.2 Å². The second kappa shape index (κ2) is 11.6. The van der Waals surface area contributed by atoms with E-state index in [0.29, 0.717) is 0 Å². The van der Waals surface area contributed by atoms with Crippen LogP contribution in [0.3, 0.4) is 0 Å². The first kappa shape index (κ1) is 30.6. The highest BCUT2D eigenvalue weighted by Crippen LogP contribution is 2.02. The summed E-state index contributed by atoms with van der Waals surface area (Å²) in [6, 6.07) is 0. The summed E-state index contributed by atoms with van der Waals surface area (Å²) in [5.74, 6) is -0.556. The molecule has 196 valence electrons. The van der Waals surface area contributed by atoms with Gasteiger partial charge in [-0.15, -0.1) is 9.46 Å². The fourth-order valence-corrected chi connectivity index (χ4v) is 1.79. The Morgan fingerprint density at radius 2 is 0.971 bits per heavy atom. The largest absolute Gasteiger partial charge is 0.422 e. The molecule has 25 heteroatoms. The van der Waals surface area contributed by atoms with Crippen LogP contribution in [0, 0.1) is 0 Å². The Morgan fingerprint density at radius 3 is 1.23 bits per heavy atom. The third kappa shape index (κ3) is 9.95. The summed E-state index contributed by atoms with van der Waals surface area (Å²) in [6.07, 6.45) is 2.61. The maximum Gasteiger partial charge on any atom is 0.394 e. The number of hydrogen-bond donors (Lipinski definition) is 10. The molecule has 0 fully saturated rings. The van der Waals surface area contributed by atoms with Crippen LogP contribution in [-0.4, -0.2) is 90.3 Å². The van der Waals surface area contributed by atoms with Crippen molar-refractivity contribution in [2.24, 2.45) is 0 Å². The maximum absolute atomic E-state index is 11.1. The fourth-order valence-electron chi connectivity index (χ4n) is 1.79. The molecule has 4 rings (SSSR count). The van der Waals surface area contributed by atoms with Crippen molar-refractivity contribution < 1.29 is 50.9 Å². The molecule has 4 aromatic heterocycles. The highest BCUT2D eigenvalue weighted by molar-refractivity contribution is 7.80. The number of rotatable bonds is 0. The predicted molar refractivity (Wildman–Crippen MR) is 111 cm³/mol. The number of nitrogens with one attached hydrogen (secondary N) is 2. The van der Waals surface area contributed by atoms with Gasteiger partial charge in [0.05, 0.1) is 12.7 Å². The van der Waals surface area contributed by atoms with Gasteiger partial charge in [0.15, 0.2) is 22.3 Å². The smallest absolute Gasteiger partial charge is 0.394 e. The van der Waals surface area contributed by atoms with Crippen LogP contribution in [0.2, 0.25) is 0 Å². The molecule has 23 nitrogen and oxygen atoms in total. The summed E-state index contributed by atoms with van der Waals surface area (Å²) < 4.78 is 63.7. The standard InChI is InChI=1S/2C5H5N5O2.2H2O4S.H2O/c2*6-5-9-3-2(7-1-8-3)4(11)10(5)12;2*1-5(2,3)4;/h2*1,12H,(H2,6,9)(H,7,8);2*(H2,1,2,3,4);1H2. The van der Waals surface area contributed by atoms with Crippen molar-refractivity contribution in [3.05, 3.63) is 33.4 Å². The molecular formula is C10H16N10O13S2. The quantitative estimate of drug-likeness (QED) is 0.0733. The highest BCUT2D eigenvalue weighted by Gasteiger charge is 2.09. The molecule has 0 spiro atoms. The number of aromatic amines is 2. The van der Waals surface area contributed by atoms with Gasteiger partial charge in [-0.3, -0.25) is 27.8 Å². The van der Waals surface area contributed by atoms with Gasteiger partial charge in [-0.05, 0) is 0 Å². The molecule has 0 radical (unpaired) electrons. The molecule has 0 aliphatic rings. The summed E-state index contributed by atoms with van der Waals surface area (Å²) in [6.45, 7) is 0. The van der Waals surface area contributed by atoms with Gasteiger partial charge >= 0.3 is 31.9 Å². The van der Waals surface area contributed by atoms with Gasteiger partial charge in [-0.2, -0.15) is 26.8 Å². The van der Waals surface area contributed by atoms with E-state index in [4.69, 9.17) is 56.9 Å². The molecule has 0 aromatic carbocycles. The average molecular weight is 548 g/mol. The van der Waals surface area contributed by atoms with Crippen molar-refractivity contribution >= 4 is 55.0 Å². The Morgan fingerprint density at radius 1 is 0.714 bits per heavy atom. The lowest BCUT2D eigenvalue weighted by Crippen LogP contribution is -2.22. The second-order valence-electron chi connectivity index (χ2n) is 5.27. The molecule has 4 heterocycles. The van der Waals surface area contributed by atoms with E-state index in [-0.39, 0.29) is 49.2 Å². The van der Waals surface area contributed by atoms with Crippen molar-refractivity contribution in [3.63, 3.8) is 0 Å². The molecule has 0 saturated heterocycles. The Labute approximate surface area is 190 Å². The zero-order chi connectivity index (χ0) is 26.4. The van der Waals surface area contributed by atoms with E-state index in [1.165, 1.54) is 12.7 Å². The van der Waals surface area contributed by atoms with Crippen LogP contribution < -0.4 is 22.6 Å². The summed E-state index contributed by atoms with van der Waals surface area (Å²) in [7, 11) is -9.33. The van der Waals surface area contributed by atoms with Gasteiger partial charge in [0.25, 0.3) is 0 Å². The van der Waals surface area contributed by atoms with E-state index in [1.54, 1.807) is 0 Å². The minimum atomic E-state index is -4.67. The van der Waals surface area contributed by atoms with Crippen molar-refractivity contribution in [3.8, 4) is 0 Å². The van der Waals surface area contributed by atoms with Crippen molar-refractivity contribution in [2.75, 3.05) is 11.5 Å². The average Bonchev–Trinajstić information content (AvgIpc) is 3.31. The van der Waals surface area contributed by atoms with Crippen molar-refractivity contribution in [1.29, 1.82) is 0 Å². The van der Waals surface area contributed by atoms with E-state index in [2.05, 4.69) is 29.9 Å². The Kier molecular flexibility index (Phi) is 10.2. The summed E-state index contributed by atoms with van der Waals surface area (Å²) >= 11 is 0. The predicted octanol–water partition coefficient (Wildman–Crippen LogP) is -4.25. The van der Waals surface area contributed by atoms with E-state index >= 15 is 0 Å². The van der Waals surface area contributed by atoms with E-state index < -0.39 is 31.9 Å². The van der Waals surface area contributed by atoms with Crippen LogP contribution in [0.25, 0.3) is 22.3 Å². The first-order valence-electron chi connectivity index (χ1n) is 7.61. The Balaban J connectivity index is 0.000000475. The molecular weight excluding hydrogens is 532 g/mol. The first-order chi connectivity index (χ1) is 15.4. The zero-order valence-corrected chi connectivity index (χ0v) is 18.1. The fraction of sp³-hybridized carbons (Fsp3) is 0. The number of nitrogens with two attached hydrogens (primary N) is 2. The van der Waals surface area contributed by atoms with Gasteiger partial charge in [0.1, 0.15) is 0 Å². The number of hydrogen-bond acceptors (Lipinski definition) is 14. The number of imidazole rings is 2. The van der Waals surface area contributed by atoms with Gasteiger partial charge in [0.2, 0.25) is 11.9 Å². The molecule has 0 atom stereocenters. The number of anilines is 2. The SMILES string of the molecule is Nc1nc2nc[nH]c2c(=O)n1O.Nc1nc2nc[nH]c2c(=O)n1O.O.O=S(=O)(O)O.O=S(=O)(O)O. The van der Waals surface area contributed by atoms with Crippen LogP contribution in [0.5, 0.6) is 0 Å². The molecule has 0 aliphatic heterocycles. The molecule has 14 N–H and O–H groups in total. The van der Waals surface area contributed by atoms with Gasteiger partial charge in [-0.1, -0.05) is 0 Å². The van der Waals surface area contributed by atoms with Gasteiger partial charge in [0, 0.05) is 0 Å². The van der Waals surface area contributed by atoms with Crippen LogP contribution in [0.4, 0.5) is 11.9 Å². The van der Waals surface area contributed by atoms with E-state index in [1.807, 2.05) is 0 Å². The first-order valence-corrected chi connectivity index (χ1v) is 10.4. The second-order valence-corrected chi connectivity index (χ2v) is 7.06. The molecule has 0 saturated carbocycles. The summed E-state index contributed by atoms with van der Waals surface area (Å²) in [5.41, 5.74) is 9.73. The van der Waals surface area contributed by atoms with Crippen LogP contribution in [0.1, 0.15) is 0 Å². The number of nitrogen functional groups attached to an aromatic ring is 2. The van der Waals surface area contributed by atoms with Gasteiger partial charge < -0.3 is 37.3 Å². The molecule has 35 heavy (non-hydrogen) atoms. The number of aromatic nitrogens is 8. The Bertz CT molecular complexity index is 1480. The normalized spacial score (nSPS) is 10.6. The van der Waals surface area contributed by atoms with Gasteiger partial charge in [-0.25, -0.2) is 9.97 Å². The van der Waals surface area contributed by atoms with Crippen molar-refractivity contribution in [2.45, 2.75) is 0 Å². The summed E-state index contributed by atoms with van der Waals surface area (Å²) in [5, 5.41) is 18.0. The lowest BCUT2D eigenvalue weighted by molar-refractivity contribution is 0.180. The minimum absolute atomic E-state index is 0. The monoisotopic (exact) mass is 548 g/mol. The summed E-state index contributed by atoms with van der Waals surface area (Å²) in [4.78, 5) is 42.0. The van der Waals surface area contributed by atoms with Crippen molar-refractivity contribution in [1.82, 2.24) is 39.4 Å². The third-order valence-electron chi connectivity index (χ3n) is 2.93. The molecule has 0 amide bonds. The lowest BCUT2D eigenvalue weighted by atomic mass is 10.5. The molecule has 0 aliphatic carbocycles.